The molecular formula is C20H25N3O5. The van der Waals surface area contributed by atoms with Crippen molar-refractivity contribution in [2.75, 3.05) is 27.2 Å². The van der Waals surface area contributed by atoms with Gasteiger partial charge in [-0.05, 0) is 36.4 Å². The van der Waals surface area contributed by atoms with Crippen LogP contribution < -0.4 is 14.8 Å². The predicted molar refractivity (Wildman–Crippen MR) is 106 cm³/mol. The number of carbonyl (C=O) groups excluding carboxylic acids is 1. The predicted octanol–water partition coefficient (Wildman–Crippen LogP) is 3.77. The van der Waals surface area contributed by atoms with E-state index in [0.29, 0.717) is 24.5 Å². The summed E-state index contributed by atoms with van der Waals surface area (Å²) in [5.41, 5.74) is 1.09. The van der Waals surface area contributed by atoms with Crippen molar-refractivity contribution in [3.05, 3.63) is 64.2 Å². The van der Waals surface area contributed by atoms with Gasteiger partial charge in [0.15, 0.2) is 0 Å². The summed E-state index contributed by atoms with van der Waals surface area (Å²) in [4.78, 5) is 23.2. The molecule has 0 heterocycles. The van der Waals surface area contributed by atoms with Crippen molar-refractivity contribution in [3.63, 3.8) is 0 Å². The lowest BCUT2D eigenvalue weighted by Gasteiger charge is -2.19. The van der Waals surface area contributed by atoms with Gasteiger partial charge in [0.2, 0.25) is 0 Å². The Morgan fingerprint density at radius 1 is 1.11 bits per heavy atom. The zero-order chi connectivity index (χ0) is 20.5. The SMILES string of the molecule is CCNC(CCOc1ccc([N+](=O)[O-])cc1)c1ccc(OC(=O)N(C)C)cc1. The summed E-state index contributed by atoms with van der Waals surface area (Å²) < 4.78 is 10.9. The van der Waals surface area contributed by atoms with E-state index in [1.807, 2.05) is 19.1 Å². The van der Waals surface area contributed by atoms with Crippen LogP contribution in [0.4, 0.5) is 10.5 Å². The molecule has 0 saturated carbocycles. The van der Waals surface area contributed by atoms with E-state index >= 15 is 0 Å². The number of hydrogen-bond acceptors (Lipinski definition) is 6. The lowest BCUT2D eigenvalue weighted by molar-refractivity contribution is -0.384. The third-order valence-electron chi connectivity index (χ3n) is 4.03. The third kappa shape index (κ3) is 6.24. The fourth-order valence-electron chi connectivity index (χ4n) is 2.55. The number of rotatable bonds is 9. The van der Waals surface area contributed by atoms with Gasteiger partial charge in [-0.15, -0.1) is 0 Å². The normalized spacial score (nSPS) is 11.5. The molecule has 2 aromatic carbocycles. The number of carbonyl (C=O) groups is 1. The average Bonchev–Trinajstić information content (AvgIpc) is 2.68. The summed E-state index contributed by atoms with van der Waals surface area (Å²) in [6.07, 6.45) is 0.286. The van der Waals surface area contributed by atoms with E-state index in [9.17, 15) is 14.9 Å². The molecule has 0 aliphatic rings. The second-order valence-corrected chi connectivity index (χ2v) is 6.33. The molecule has 0 radical (unpaired) electrons. The largest absolute Gasteiger partial charge is 0.494 e. The smallest absolute Gasteiger partial charge is 0.414 e. The van der Waals surface area contributed by atoms with Crippen LogP contribution in [0.25, 0.3) is 0 Å². The Kier molecular flexibility index (Phi) is 7.76. The van der Waals surface area contributed by atoms with E-state index in [2.05, 4.69) is 5.32 Å². The van der Waals surface area contributed by atoms with Crippen LogP contribution in [0.2, 0.25) is 0 Å². The second-order valence-electron chi connectivity index (χ2n) is 6.33. The van der Waals surface area contributed by atoms with Crippen molar-refractivity contribution in [2.45, 2.75) is 19.4 Å². The molecule has 0 bridgehead atoms. The van der Waals surface area contributed by atoms with E-state index in [1.165, 1.54) is 17.0 Å². The minimum Gasteiger partial charge on any atom is -0.494 e. The molecule has 2 aromatic rings. The zero-order valence-electron chi connectivity index (χ0n) is 16.3. The van der Waals surface area contributed by atoms with Crippen LogP contribution in [0.5, 0.6) is 11.5 Å². The van der Waals surface area contributed by atoms with Crippen molar-refractivity contribution in [3.8, 4) is 11.5 Å². The van der Waals surface area contributed by atoms with Crippen molar-refractivity contribution in [1.29, 1.82) is 0 Å². The Hall–Kier alpha value is -3.13. The fourth-order valence-corrected chi connectivity index (χ4v) is 2.55. The summed E-state index contributed by atoms with van der Waals surface area (Å²) in [6, 6.07) is 13.4. The molecule has 8 nitrogen and oxygen atoms in total. The Balaban J connectivity index is 1.93. The third-order valence-corrected chi connectivity index (χ3v) is 4.03. The molecule has 0 saturated heterocycles. The summed E-state index contributed by atoms with van der Waals surface area (Å²) in [6.45, 7) is 3.27. The second kappa shape index (κ2) is 10.3. The standard InChI is InChI=1S/C20H25N3O5/c1-4-21-19(13-14-27-17-11-7-16(8-12-17)23(25)26)15-5-9-18(10-6-15)28-20(24)22(2)3/h5-12,19,21H,4,13-14H2,1-3H3. The van der Waals surface area contributed by atoms with Gasteiger partial charge in [-0.1, -0.05) is 19.1 Å². The van der Waals surface area contributed by atoms with Crippen LogP contribution >= 0.6 is 0 Å². The maximum absolute atomic E-state index is 11.6. The van der Waals surface area contributed by atoms with Gasteiger partial charge in [-0.2, -0.15) is 0 Å². The van der Waals surface area contributed by atoms with Gasteiger partial charge in [0.1, 0.15) is 11.5 Å². The number of nitro benzene ring substituents is 1. The zero-order valence-corrected chi connectivity index (χ0v) is 16.3. The number of amides is 1. The Morgan fingerprint density at radius 2 is 1.71 bits per heavy atom. The lowest BCUT2D eigenvalue weighted by atomic mass is 10.0. The van der Waals surface area contributed by atoms with E-state index in [1.54, 1.807) is 38.4 Å². The highest BCUT2D eigenvalue weighted by Gasteiger charge is 2.12. The minimum absolute atomic E-state index is 0.0351. The highest BCUT2D eigenvalue weighted by atomic mass is 16.6. The van der Waals surface area contributed by atoms with Crippen LogP contribution in [0, 0.1) is 10.1 Å². The first-order chi connectivity index (χ1) is 13.4. The molecule has 0 aromatic heterocycles. The number of nitrogens with zero attached hydrogens (tertiary/aromatic N) is 2. The molecule has 1 unspecified atom stereocenters. The van der Waals surface area contributed by atoms with Crippen molar-refractivity contribution >= 4 is 11.8 Å². The maximum Gasteiger partial charge on any atom is 0.414 e. The number of ether oxygens (including phenoxy) is 2. The van der Waals surface area contributed by atoms with Gasteiger partial charge in [0, 0.05) is 38.7 Å². The van der Waals surface area contributed by atoms with Crippen LogP contribution in [-0.4, -0.2) is 43.2 Å². The van der Waals surface area contributed by atoms with E-state index in [4.69, 9.17) is 9.47 Å². The van der Waals surface area contributed by atoms with E-state index < -0.39 is 11.0 Å². The van der Waals surface area contributed by atoms with Gasteiger partial charge in [0.05, 0.1) is 11.5 Å². The molecule has 1 amide bonds. The number of hydrogen-bond donors (Lipinski definition) is 1. The van der Waals surface area contributed by atoms with Crippen LogP contribution in [0.1, 0.15) is 24.9 Å². The molecule has 150 valence electrons. The first-order valence-corrected chi connectivity index (χ1v) is 9.00. The summed E-state index contributed by atoms with van der Waals surface area (Å²) in [7, 11) is 3.26. The molecule has 2 rings (SSSR count). The first-order valence-electron chi connectivity index (χ1n) is 9.00. The molecule has 8 heteroatoms. The highest BCUT2D eigenvalue weighted by Crippen LogP contribution is 2.22. The summed E-state index contributed by atoms with van der Waals surface area (Å²) in [5, 5.41) is 14.1. The van der Waals surface area contributed by atoms with Crippen molar-refractivity contribution in [2.24, 2.45) is 0 Å². The van der Waals surface area contributed by atoms with Crippen LogP contribution in [0.15, 0.2) is 48.5 Å². The van der Waals surface area contributed by atoms with Gasteiger partial charge >= 0.3 is 6.09 Å². The monoisotopic (exact) mass is 387 g/mol. The van der Waals surface area contributed by atoms with Gasteiger partial charge in [-0.3, -0.25) is 10.1 Å². The molecule has 0 aliphatic heterocycles. The number of nitro groups is 1. The molecule has 0 aliphatic carbocycles. The van der Waals surface area contributed by atoms with Crippen LogP contribution in [-0.2, 0) is 0 Å². The number of benzene rings is 2. The molecule has 0 spiro atoms. The van der Waals surface area contributed by atoms with Crippen molar-refractivity contribution in [1.82, 2.24) is 10.2 Å². The number of nitrogens with one attached hydrogen (secondary N) is 1. The topological polar surface area (TPSA) is 93.9 Å². The number of non-ortho nitro benzene ring substituents is 1. The Labute approximate surface area is 164 Å². The molecule has 1 N–H and O–H groups in total. The molecule has 1 atom stereocenters. The maximum atomic E-state index is 11.6. The van der Waals surface area contributed by atoms with E-state index in [0.717, 1.165) is 12.1 Å². The van der Waals surface area contributed by atoms with Gasteiger partial charge in [0.25, 0.3) is 5.69 Å². The summed E-state index contributed by atoms with van der Waals surface area (Å²) >= 11 is 0. The van der Waals surface area contributed by atoms with Crippen molar-refractivity contribution < 1.29 is 19.2 Å². The molecule has 28 heavy (non-hydrogen) atoms. The van der Waals surface area contributed by atoms with Gasteiger partial charge in [-0.25, -0.2) is 4.79 Å². The summed E-state index contributed by atoms with van der Waals surface area (Å²) in [5.74, 6) is 1.08. The quantitative estimate of drug-likeness (QED) is 0.520. The Bertz CT molecular complexity index is 775. The highest BCUT2D eigenvalue weighted by molar-refractivity contribution is 5.69. The fraction of sp³-hybridized carbons (Fsp3) is 0.350. The molecular weight excluding hydrogens is 362 g/mol. The Morgan fingerprint density at radius 3 is 2.25 bits per heavy atom. The van der Waals surface area contributed by atoms with E-state index in [-0.39, 0.29) is 11.7 Å². The lowest BCUT2D eigenvalue weighted by Crippen LogP contribution is -2.25. The van der Waals surface area contributed by atoms with Gasteiger partial charge < -0.3 is 19.7 Å². The van der Waals surface area contributed by atoms with Crippen LogP contribution in [0.3, 0.4) is 0 Å². The first kappa shape index (κ1) is 21.2. The minimum atomic E-state index is -0.440. The average molecular weight is 387 g/mol. The molecule has 0 fully saturated rings.